The van der Waals surface area contributed by atoms with Gasteiger partial charge in [-0.25, -0.2) is 9.37 Å². The molecule has 0 atom stereocenters. The number of halogens is 2. The number of rotatable bonds is 2. The van der Waals surface area contributed by atoms with Crippen LogP contribution in [0.4, 0.5) is 4.39 Å². The third-order valence-electron chi connectivity index (χ3n) is 2.29. The quantitative estimate of drug-likeness (QED) is 0.888. The van der Waals surface area contributed by atoms with Crippen molar-refractivity contribution in [3.63, 3.8) is 0 Å². The summed E-state index contributed by atoms with van der Waals surface area (Å²) in [7, 11) is 0. The summed E-state index contributed by atoms with van der Waals surface area (Å²) in [5.74, 6) is 0.0163. The molecule has 2 rings (SSSR count). The average molecular weight is 298 g/mol. The van der Waals surface area contributed by atoms with Crippen molar-refractivity contribution in [1.82, 2.24) is 9.97 Å². The molecule has 0 aliphatic carbocycles. The van der Waals surface area contributed by atoms with Gasteiger partial charge in [0.1, 0.15) is 11.6 Å². The molecule has 0 bridgehead atoms. The van der Waals surface area contributed by atoms with Crippen LogP contribution in [0.25, 0.3) is 11.4 Å². The molecule has 1 heterocycles. The van der Waals surface area contributed by atoms with E-state index in [4.69, 9.17) is 5.73 Å². The fourth-order valence-corrected chi connectivity index (χ4v) is 1.74. The SMILES string of the molecule is NCc1cnc(-c2ccc(F)c(Br)c2)[nH]c1=O. The van der Waals surface area contributed by atoms with Gasteiger partial charge in [0.25, 0.3) is 5.56 Å². The van der Waals surface area contributed by atoms with Gasteiger partial charge >= 0.3 is 0 Å². The molecular formula is C11H9BrFN3O. The minimum absolute atomic E-state index is 0.135. The zero-order chi connectivity index (χ0) is 12.4. The number of benzene rings is 1. The standard InChI is InChI=1S/C11H9BrFN3O/c12-8-3-6(1-2-9(8)13)10-15-5-7(4-14)11(17)16-10/h1-3,5H,4,14H2,(H,15,16,17). The number of aromatic nitrogens is 2. The van der Waals surface area contributed by atoms with Crippen LogP contribution < -0.4 is 11.3 Å². The molecule has 0 aliphatic heterocycles. The molecule has 0 saturated carbocycles. The fourth-order valence-electron chi connectivity index (χ4n) is 1.36. The third kappa shape index (κ3) is 2.42. The molecule has 3 N–H and O–H groups in total. The van der Waals surface area contributed by atoms with Gasteiger partial charge in [-0.1, -0.05) is 0 Å². The molecule has 6 heteroatoms. The van der Waals surface area contributed by atoms with Crippen molar-refractivity contribution in [2.24, 2.45) is 5.73 Å². The minimum Gasteiger partial charge on any atom is -0.326 e. The van der Waals surface area contributed by atoms with Crippen molar-refractivity contribution in [3.8, 4) is 11.4 Å². The lowest BCUT2D eigenvalue weighted by atomic mass is 10.2. The normalized spacial score (nSPS) is 10.5. The fraction of sp³-hybridized carbons (Fsp3) is 0.0909. The molecular weight excluding hydrogens is 289 g/mol. The number of hydrogen-bond donors (Lipinski definition) is 2. The van der Waals surface area contributed by atoms with E-state index in [1.807, 2.05) is 0 Å². The molecule has 1 aromatic heterocycles. The smallest absolute Gasteiger partial charge is 0.255 e. The Bertz CT molecular complexity index is 612. The van der Waals surface area contributed by atoms with Crippen LogP contribution in [0.15, 0.2) is 33.7 Å². The van der Waals surface area contributed by atoms with Crippen molar-refractivity contribution in [2.45, 2.75) is 6.54 Å². The summed E-state index contributed by atoms with van der Waals surface area (Å²) in [5.41, 5.74) is 6.12. The molecule has 0 aliphatic rings. The molecule has 4 nitrogen and oxygen atoms in total. The van der Waals surface area contributed by atoms with Crippen LogP contribution >= 0.6 is 15.9 Å². The maximum atomic E-state index is 13.1. The van der Waals surface area contributed by atoms with Gasteiger partial charge in [-0.15, -0.1) is 0 Å². The molecule has 0 fully saturated rings. The van der Waals surface area contributed by atoms with Gasteiger partial charge in [0, 0.05) is 23.9 Å². The Balaban J connectivity index is 2.50. The van der Waals surface area contributed by atoms with E-state index in [9.17, 15) is 9.18 Å². The zero-order valence-electron chi connectivity index (χ0n) is 8.71. The Hall–Kier alpha value is -1.53. The van der Waals surface area contributed by atoms with E-state index in [0.29, 0.717) is 21.4 Å². The molecule has 1 aromatic carbocycles. The van der Waals surface area contributed by atoms with E-state index in [0.717, 1.165) is 0 Å². The summed E-state index contributed by atoms with van der Waals surface area (Å²) in [6.45, 7) is 0.135. The van der Waals surface area contributed by atoms with Gasteiger partial charge in [0.05, 0.1) is 4.47 Å². The Morgan fingerprint density at radius 3 is 2.82 bits per heavy atom. The highest BCUT2D eigenvalue weighted by Gasteiger charge is 2.06. The molecule has 88 valence electrons. The number of aromatic amines is 1. The molecule has 0 amide bonds. The summed E-state index contributed by atoms with van der Waals surface area (Å²) in [5, 5.41) is 0. The van der Waals surface area contributed by atoms with Crippen LogP contribution in [-0.2, 0) is 6.54 Å². The molecule has 2 aromatic rings. The lowest BCUT2D eigenvalue weighted by Crippen LogP contribution is -2.17. The van der Waals surface area contributed by atoms with Crippen molar-refractivity contribution >= 4 is 15.9 Å². The third-order valence-corrected chi connectivity index (χ3v) is 2.89. The molecule has 0 saturated heterocycles. The Kier molecular flexibility index (Phi) is 3.35. The number of H-pyrrole nitrogens is 1. The second-order valence-corrected chi connectivity index (χ2v) is 4.27. The van der Waals surface area contributed by atoms with E-state index >= 15 is 0 Å². The predicted molar refractivity (Wildman–Crippen MR) is 65.8 cm³/mol. The first-order valence-electron chi connectivity index (χ1n) is 4.85. The summed E-state index contributed by atoms with van der Waals surface area (Å²) >= 11 is 3.08. The first-order chi connectivity index (χ1) is 8.11. The van der Waals surface area contributed by atoms with Crippen LogP contribution in [0.3, 0.4) is 0 Å². The second-order valence-electron chi connectivity index (χ2n) is 3.42. The van der Waals surface area contributed by atoms with Crippen LogP contribution in [0.5, 0.6) is 0 Å². The largest absolute Gasteiger partial charge is 0.326 e. The van der Waals surface area contributed by atoms with Crippen molar-refractivity contribution < 1.29 is 4.39 Å². The zero-order valence-corrected chi connectivity index (χ0v) is 10.3. The topological polar surface area (TPSA) is 71.8 Å². The van der Waals surface area contributed by atoms with Crippen LogP contribution in [0.2, 0.25) is 0 Å². The first-order valence-corrected chi connectivity index (χ1v) is 5.65. The van der Waals surface area contributed by atoms with Gasteiger partial charge in [-0.2, -0.15) is 0 Å². The van der Waals surface area contributed by atoms with E-state index < -0.39 is 0 Å². The number of nitrogens with zero attached hydrogens (tertiary/aromatic N) is 1. The highest BCUT2D eigenvalue weighted by atomic mass is 79.9. The first kappa shape index (κ1) is 11.9. The monoisotopic (exact) mass is 297 g/mol. The molecule has 0 radical (unpaired) electrons. The van der Waals surface area contributed by atoms with Gasteiger partial charge < -0.3 is 10.7 Å². The van der Waals surface area contributed by atoms with Crippen molar-refractivity contribution in [3.05, 3.63) is 50.6 Å². The van der Waals surface area contributed by atoms with Crippen molar-refractivity contribution in [2.75, 3.05) is 0 Å². The number of hydrogen-bond acceptors (Lipinski definition) is 3. The van der Waals surface area contributed by atoms with E-state index in [2.05, 4.69) is 25.9 Å². The van der Waals surface area contributed by atoms with Crippen molar-refractivity contribution in [1.29, 1.82) is 0 Å². The highest BCUT2D eigenvalue weighted by molar-refractivity contribution is 9.10. The Morgan fingerprint density at radius 2 is 2.24 bits per heavy atom. The van der Waals surface area contributed by atoms with Crippen LogP contribution in [0.1, 0.15) is 5.56 Å². The number of nitrogens with one attached hydrogen (secondary N) is 1. The maximum absolute atomic E-state index is 13.1. The maximum Gasteiger partial charge on any atom is 0.255 e. The van der Waals surface area contributed by atoms with Gasteiger partial charge in [0.15, 0.2) is 0 Å². The molecule has 0 unspecified atom stereocenters. The Labute approximate surface area is 105 Å². The lowest BCUT2D eigenvalue weighted by molar-refractivity contribution is 0.621. The van der Waals surface area contributed by atoms with E-state index in [1.165, 1.54) is 12.3 Å². The minimum atomic E-state index is -0.366. The van der Waals surface area contributed by atoms with Crippen LogP contribution in [0, 0.1) is 5.82 Å². The predicted octanol–water partition coefficient (Wildman–Crippen LogP) is 1.80. The van der Waals surface area contributed by atoms with Gasteiger partial charge in [-0.05, 0) is 34.1 Å². The summed E-state index contributed by atoms with van der Waals surface area (Å²) < 4.78 is 13.4. The second kappa shape index (κ2) is 4.77. The van der Waals surface area contributed by atoms with Gasteiger partial charge in [-0.3, -0.25) is 4.79 Å². The lowest BCUT2D eigenvalue weighted by Gasteiger charge is -2.03. The highest BCUT2D eigenvalue weighted by Crippen LogP contribution is 2.21. The summed E-state index contributed by atoms with van der Waals surface area (Å²) in [6.07, 6.45) is 1.42. The Morgan fingerprint density at radius 1 is 1.47 bits per heavy atom. The summed E-state index contributed by atoms with van der Waals surface area (Å²) in [6, 6.07) is 4.40. The van der Waals surface area contributed by atoms with E-state index in [-0.39, 0.29) is 17.9 Å². The number of nitrogens with two attached hydrogens (primary N) is 1. The average Bonchev–Trinajstić information content (AvgIpc) is 2.32. The van der Waals surface area contributed by atoms with Gasteiger partial charge in [0.2, 0.25) is 0 Å². The summed E-state index contributed by atoms with van der Waals surface area (Å²) in [4.78, 5) is 18.2. The van der Waals surface area contributed by atoms with E-state index in [1.54, 1.807) is 12.1 Å². The molecule has 0 spiro atoms. The molecule has 17 heavy (non-hydrogen) atoms. The van der Waals surface area contributed by atoms with Crippen LogP contribution in [-0.4, -0.2) is 9.97 Å².